The van der Waals surface area contributed by atoms with Gasteiger partial charge in [-0.3, -0.25) is 19.2 Å². The maximum absolute atomic E-state index is 12.0. The molecule has 0 bridgehead atoms. The van der Waals surface area contributed by atoms with E-state index in [-0.39, 0.29) is 13.2 Å². The Hall–Kier alpha value is -1.76. The van der Waals surface area contributed by atoms with Gasteiger partial charge in [0.2, 0.25) is 0 Å². The first-order valence-electron chi connectivity index (χ1n) is 6.73. The Balaban J connectivity index is 5.53. The van der Waals surface area contributed by atoms with Crippen molar-refractivity contribution in [3.05, 3.63) is 0 Å². The Kier molecular flexibility index (Phi) is 7.80. The molecule has 0 unspecified atom stereocenters. The molecule has 0 aliphatic carbocycles. The fourth-order valence-electron chi connectivity index (χ4n) is 1.86. The normalized spacial score (nSPS) is 14.7. The van der Waals surface area contributed by atoms with Gasteiger partial charge < -0.3 is 14.6 Å². The van der Waals surface area contributed by atoms with E-state index in [4.69, 9.17) is 9.47 Å². The molecular formula is C14H22O7. The number of carbonyl (C=O) groups is 4. The third-order valence-electron chi connectivity index (χ3n) is 3.22. The highest BCUT2D eigenvalue weighted by molar-refractivity contribution is 6.05. The third-order valence-corrected chi connectivity index (χ3v) is 3.22. The summed E-state index contributed by atoms with van der Waals surface area (Å²) < 4.78 is 9.57. The fourth-order valence-corrected chi connectivity index (χ4v) is 1.86. The summed E-state index contributed by atoms with van der Waals surface area (Å²) in [4.78, 5) is 47.2. The van der Waals surface area contributed by atoms with Crippen LogP contribution < -0.4 is 0 Å². The topological polar surface area (TPSA) is 107 Å². The van der Waals surface area contributed by atoms with E-state index in [1.807, 2.05) is 0 Å². The van der Waals surface area contributed by atoms with Crippen molar-refractivity contribution in [2.45, 2.75) is 34.1 Å². The van der Waals surface area contributed by atoms with E-state index in [1.54, 1.807) is 13.8 Å². The Labute approximate surface area is 123 Å². The standard InChI is InChI=1S/C14H22O7/c1-5-20-12(18)11(9(3)16)7-14(8-15,10(4)17)13(19)21-6-2/h11,15H,5-8H2,1-4H3/t11-,14+/m0/s1. The zero-order chi connectivity index (χ0) is 16.6. The molecule has 21 heavy (non-hydrogen) atoms. The molecule has 120 valence electrons. The Morgan fingerprint density at radius 3 is 1.90 bits per heavy atom. The summed E-state index contributed by atoms with van der Waals surface area (Å²) in [5.41, 5.74) is -1.93. The van der Waals surface area contributed by atoms with Crippen LogP contribution in [0.2, 0.25) is 0 Å². The zero-order valence-corrected chi connectivity index (χ0v) is 12.8. The summed E-state index contributed by atoms with van der Waals surface area (Å²) in [6, 6.07) is 0. The average molecular weight is 302 g/mol. The summed E-state index contributed by atoms with van der Waals surface area (Å²) in [7, 11) is 0. The first kappa shape index (κ1) is 19.2. The Morgan fingerprint density at radius 2 is 1.57 bits per heavy atom. The number of Topliss-reactive ketones (excluding diaryl/α,β-unsaturated/α-hetero) is 2. The molecule has 0 saturated heterocycles. The van der Waals surface area contributed by atoms with Crippen molar-refractivity contribution in [1.29, 1.82) is 0 Å². The van der Waals surface area contributed by atoms with Crippen LogP contribution in [0.5, 0.6) is 0 Å². The van der Waals surface area contributed by atoms with Crippen molar-refractivity contribution in [2.75, 3.05) is 19.8 Å². The molecule has 0 aliphatic rings. The number of ketones is 2. The van der Waals surface area contributed by atoms with Crippen LogP contribution in [0.1, 0.15) is 34.1 Å². The fraction of sp³-hybridized carbons (Fsp3) is 0.714. The van der Waals surface area contributed by atoms with Crippen molar-refractivity contribution < 1.29 is 33.8 Å². The minimum atomic E-state index is -1.93. The molecule has 0 amide bonds. The lowest BCUT2D eigenvalue weighted by molar-refractivity contribution is -0.166. The number of aliphatic hydroxyl groups excluding tert-OH is 1. The van der Waals surface area contributed by atoms with E-state index in [9.17, 15) is 24.3 Å². The SMILES string of the molecule is CCOC(=O)[C@@H](C[C@@](CO)(C(C)=O)C(=O)OCC)C(C)=O. The zero-order valence-electron chi connectivity index (χ0n) is 12.8. The van der Waals surface area contributed by atoms with Crippen LogP contribution in [-0.2, 0) is 28.7 Å². The van der Waals surface area contributed by atoms with Gasteiger partial charge in [0.25, 0.3) is 0 Å². The first-order valence-corrected chi connectivity index (χ1v) is 6.73. The maximum Gasteiger partial charge on any atom is 0.322 e. The molecule has 0 fully saturated rings. The molecule has 0 aromatic rings. The van der Waals surface area contributed by atoms with E-state index in [0.717, 1.165) is 13.8 Å². The van der Waals surface area contributed by atoms with Gasteiger partial charge in [0.05, 0.1) is 19.8 Å². The van der Waals surface area contributed by atoms with E-state index in [2.05, 4.69) is 0 Å². The van der Waals surface area contributed by atoms with Gasteiger partial charge >= 0.3 is 11.9 Å². The predicted octanol–water partition coefficient (Wildman–Crippen LogP) is 0.276. The van der Waals surface area contributed by atoms with Crippen molar-refractivity contribution in [3.63, 3.8) is 0 Å². The predicted molar refractivity (Wildman–Crippen MR) is 72.3 cm³/mol. The second kappa shape index (κ2) is 8.51. The highest BCUT2D eigenvalue weighted by Gasteiger charge is 2.48. The molecule has 0 spiro atoms. The minimum Gasteiger partial charge on any atom is -0.465 e. The molecule has 0 aromatic carbocycles. The molecule has 0 rings (SSSR count). The lowest BCUT2D eigenvalue weighted by atomic mass is 9.75. The molecule has 7 nitrogen and oxygen atoms in total. The molecule has 0 radical (unpaired) electrons. The number of esters is 2. The van der Waals surface area contributed by atoms with Crippen LogP contribution in [0, 0.1) is 11.3 Å². The second-order valence-electron chi connectivity index (χ2n) is 4.64. The quantitative estimate of drug-likeness (QED) is 0.481. The van der Waals surface area contributed by atoms with Gasteiger partial charge in [-0.2, -0.15) is 0 Å². The van der Waals surface area contributed by atoms with Crippen molar-refractivity contribution in [1.82, 2.24) is 0 Å². The lowest BCUT2D eigenvalue weighted by Gasteiger charge is -2.29. The molecule has 2 atom stereocenters. The van der Waals surface area contributed by atoms with Crippen molar-refractivity contribution in [2.24, 2.45) is 11.3 Å². The molecule has 0 saturated carbocycles. The van der Waals surface area contributed by atoms with Crippen LogP contribution in [0.4, 0.5) is 0 Å². The molecule has 0 aromatic heterocycles. The highest BCUT2D eigenvalue weighted by Crippen LogP contribution is 2.30. The maximum atomic E-state index is 12.0. The van der Waals surface area contributed by atoms with Crippen LogP contribution in [0.15, 0.2) is 0 Å². The van der Waals surface area contributed by atoms with E-state index >= 15 is 0 Å². The van der Waals surface area contributed by atoms with Gasteiger partial charge in [-0.1, -0.05) is 0 Å². The van der Waals surface area contributed by atoms with Crippen LogP contribution >= 0.6 is 0 Å². The van der Waals surface area contributed by atoms with Crippen molar-refractivity contribution in [3.8, 4) is 0 Å². The molecule has 1 N–H and O–H groups in total. The summed E-state index contributed by atoms with van der Waals surface area (Å²) >= 11 is 0. The van der Waals surface area contributed by atoms with Gasteiger partial charge in [-0.15, -0.1) is 0 Å². The van der Waals surface area contributed by atoms with E-state index in [1.165, 1.54) is 0 Å². The first-order chi connectivity index (χ1) is 9.76. The van der Waals surface area contributed by atoms with Crippen molar-refractivity contribution >= 4 is 23.5 Å². The van der Waals surface area contributed by atoms with Crippen LogP contribution in [0.25, 0.3) is 0 Å². The second-order valence-corrected chi connectivity index (χ2v) is 4.64. The molecule has 0 aliphatic heterocycles. The molecular weight excluding hydrogens is 280 g/mol. The smallest absolute Gasteiger partial charge is 0.322 e. The molecule has 0 heterocycles. The number of hydrogen-bond acceptors (Lipinski definition) is 7. The van der Waals surface area contributed by atoms with Gasteiger partial charge in [-0.25, -0.2) is 0 Å². The number of carbonyl (C=O) groups excluding carboxylic acids is 4. The van der Waals surface area contributed by atoms with Gasteiger partial charge in [0, 0.05) is 0 Å². The third kappa shape index (κ3) is 4.63. The monoisotopic (exact) mass is 302 g/mol. The van der Waals surface area contributed by atoms with Crippen LogP contribution in [0.3, 0.4) is 0 Å². The summed E-state index contributed by atoms with van der Waals surface area (Å²) in [5.74, 6) is -4.29. The summed E-state index contributed by atoms with van der Waals surface area (Å²) in [6.45, 7) is 4.62. The summed E-state index contributed by atoms with van der Waals surface area (Å²) in [6.07, 6.45) is -0.466. The number of aliphatic hydroxyl groups is 1. The lowest BCUT2D eigenvalue weighted by Crippen LogP contribution is -2.46. The largest absolute Gasteiger partial charge is 0.465 e. The molecule has 7 heteroatoms. The number of ether oxygens (including phenoxy) is 2. The highest BCUT2D eigenvalue weighted by atomic mass is 16.5. The van der Waals surface area contributed by atoms with Gasteiger partial charge in [0.1, 0.15) is 22.9 Å². The minimum absolute atomic E-state index is 0.0119. The Bertz CT molecular complexity index is 414. The van der Waals surface area contributed by atoms with Crippen LogP contribution in [-0.4, -0.2) is 48.4 Å². The average Bonchev–Trinajstić information content (AvgIpc) is 2.39. The van der Waals surface area contributed by atoms with Gasteiger partial charge in [-0.05, 0) is 34.1 Å². The van der Waals surface area contributed by atoms with E-state index < -0.39 is 47.9 Å². The number of rotatable bonds is 9. The summed E-state index contributed by atoms with van der Waals surface area (Å²) in [5, 5.41) is 9.50. The number of hydrogen-bond donors (Lipinski definition) is 1. The Morgan fingerprint density at radius 1 is 1.05 bits per heavy atom. The van der Waals surface area contributed by atoms with Gasteiger partial charge in [0.15, 0.2) is 0 Å². The van der Waals surface area contributed by atoms with E-state index in [0.29, 0.717) is 0 Å².